The van der Waals surface area contributed by atoms with Crippen molar-refractivity contribution in [2.45, 2.75) is 11.4 Å². The van der Waals surface area contributed by atoms with Crippen LogP contribution >= 0.6 is 11.3 Å². The Bertz CT molecular complexity index is 1640. The predicted octanol–water partition coefficient (Wildman–Crippen LogP) is 4.80. The van der Waals surface area contributed by atoms with Crippen molar-refractivity contribution in [2.24, 2.45) is 0 Å². The number of para-hydroxylation sites is 1. The third kappa shape index (κ3) is 5.09. The van der Waals surface area contributed by atoms with Crippen LogP contribution in [0.3, 0.4) is 0 Å². The van der Waals surface area contributed by atoms with Gasteiger partial charge in [0.05, 0.1) is 27.3 Å². The molecule has 0 radical (unpaired) electrons. The summed E-state index contributed by atoms with van der Waals surface area (Å²) >= 11 is 1.21. The molecule has 188 valence electrons. The number of hydrogen-bond donors (Lipinski definition) is 0. The number of nitrogens with zero attached hydrogens (tertiary/aromatic N) is 5. The first-order valence-electron chi connectivity index (χ1n) is 11.3. The van der Waals surface area contributed by atoms with Crippen molar-refractivity contribution in [1.82, 2.24) is 14.8 Å². The number of rotatable bonds is 8. The highest BCUT2D eigenvalue weighted by molar-refractivity contribution is 7.92. The molecule has 8 nitrogen and oxygen atoms in total. The van der Waals surface area contributed by atoms with E-state index in [1.807, 2.05) is 6.07 Å². The number of carbonyl (C=O) groups excluding carboxylic acids is 1. The Hall–Kier alpha value is -4.09. The molecule has 5 rings (SSSR count). The molecular formula is C26H22FN5O3S2. The van der Waals surface area contributed by atoms with Crippen LogP contribution < -0.4 is 9.21 Å². The van der Waals surface area contributed by atoms with Crippen molar-refractivity contribution in [3.05, 3.63) is 103 Å². The maximum absolute atomic E-state index is 13.7. The van der Waals surface area contributed by atoms with E-state index in [9.17, 15) is 17.6 Å². The minimum Gasteiger partial charge on any atom is -0.282 e. The molecule has 0 N–H and O–H groups in total. The number of anilines is 2. The van der Waals surface area contributed by atoms with Gasteiger partial charge < -0.3 is 0 Å². The van der Waals surface area contributed by atoms with Crippen molar-refractivity contribution >= 4 is 48.3 Å². The molecule has 0 saturated heterocycles. The van der Waals surface area contributed by atoms with Gasteiger partial charge in [-0.1, -0.05) is 29.5 Å². The highest BCUT2D eigenvalue weighted by Gasteiger charge is 2.24. The number of benzene rings is 3. The summed E-state index contributed by atoms with van der Waals surface area (Å²) in [4.78, 5) is 19.7. The summed E-state index contributed by atoms with van der Waals surface area (Å²) in [5.74, 6) is -0.735. The van der Waals surface area contributed by atoms with Crippen molar-refractivity contribution in [3.63, 3.8) is 0 Å². The molecular weight excluding hydrogens is 513 g/mol. The fourth-order valence-corrected chi connectivity index (χ4v) is 5.99. The second-order valence-corrected chi connectivity index (χ2v) is 11.1. The first-order chi connectivity index (χ1) is 17.8. The van der Waals surface area contributed by atoms with Gasteiger partial charge in [0.1, 0.15) is 5.82 Å². The Morgan fingerprint density at radius 3 is 2.49 bits per heavy atom. The number of carbonyl (C=O) groups is 1. The normalized spacial score (nSPS) is 11.5. The fourth-order valence-electron chi connectivity index (χ4n) is 3.78. The zero-order valence-corrected chi connectivity index (χ0v) is 21.4. The molecule has 0 aliphatic heterocycles. The van der Waals surface area contributed by atoms with Gasteiger partial charge in [-0.05, 0) is 60.7 Å². The third-order valence-corrected chi connectivity index (χ3v) is 8.65. The van der Waals surface area contributed by atoms with Crippen LogP contribution in [0, 0.1) is 5.82 Å². The molecule has 0 atom stereocenters. The molecule has 0 fully saturated rings. The number of hydrogen-bond acceptors (Lipinski definition) is 6. The molecule has 1 amide bonds. The molecule has 0 unspecified atom stereocenters. The maximum Gasteiger partial charge on any atom is 0.264 e. The zero-order valence-electron chi connectivity index (χ0n) is 19.7. The second-order valence-electron chi connectivity index (χ2n) is 8.17. The predicted molar refractivity (Wildman–Crippen MR) is 142 cm³/mol. The lowest BCUT2D eigenvalue weighted by Crippen LogP contribution is -2.34. The molecule has 2 aromatic heterocycles. The minimum absolute atomic E-state index is 0.0638. The molecule has 3 aromatic carbocycles. The zero-order chi connectivity index (χ0) is 26.0. The fraction of sp³-hybridized carbons (Fsp3) is 0.115. The largest absolute Gasteiger partial charge is 0.282 e. The van der Waals surface area contributed by atoms with E-state index in [2.05, 4.69) is 10.1 Å². The lowest BCUT2D eigenvalue weighted by molar-refractivity contribution is 0.0985. The summed E-state index contributed by atoms with van der Waals surface area (Å²) in [6.07, 6.45) is 3.44. The van der Waals surface area contributed by atoms with E-state index in [0.29, 0.717) is 33.1 Å². The van der Waals surface area contributed by atoms with Gasteiger partial charge in [-0.25, -0.2) is 17.8 Å². The third-order valence-electron chi connectivity index (χ3n) is 5.81. The van der Waals surface area contributed by atoms with E-state index >= 15 is 0 Å². The van der Waals surface area contributed by atoms with Crippen LogP contribution in [-0.2, 0) is 16.6 Å². The van der Waals surface area contributed by atoms with E-state index in [-0.39, 0.29) is 23.2 Å². The molecule has 0 aliphatic carbocycles. The minimum atomic E-state index is -3.82. The number of halogens is 1. The Kier molecular flexibility index (Phi) is 6.72. The highest BCUT2D eigenvalue weighted by atomic mass is 32.2. The molecule has 0 saturated carbocycles. The van der Waals surface area contributed by atoms with Crippen LogP contribution in [-0.4, -0.2) is 42.7 Å². The van der Waals surface area contributed by atoms with Gasteiger partial charge in [0.15, 0.2) is 5.13 Å². The van der Waals surface area contributed by atoms with Gasteiger partial charge in [-0.15, -0.1) is 0 Å². The quantitative estimate of drug-likeness (QED) is 0.285. The van der Waals surface area contributed by atoms with Crippen LogP contribution in [0.15, 0.2) is 96.2 Å². The molecule has 37 heavy (non-hydrogen) atoms. The Balaban J connectivity index is 1.44. The SMILES string of the molecule is CN(c1ccccc1)S(=O)(=O)c1ccc(C(=O)N(CCn2cccn2)c2nc3ccc(F)cc3s2)cc1. The summed E-state index contributed by atoms with van der Waals surface area (Å²) in [7, 11) is -2.33. The van der Waals surface area contributed by atoms with E-state index < -0.39 is 10.0 Å². The van der Waals surface area contributed by atoms with Gasteiger partial charge in [-0.3, -0.25) is 18.7 Å². The van der Waals surface area contributed by atoms with E-state index in [4.69, 9.17) is 0 Å². The van der Waals surface area contributed by atoms with Crippen LogP contribution in [0.4, 0.5) is 15.2 Å². The lowest BCUT2D eigenvalue weighted by atomic mass is 10.2. The van der Waals surface area contributed by atoms with E-state index in [1.165, 1.54) is 64.0 Å². The molecule has 0 aliphatic rings. The average Bonchev–Trinajstić information content (AvgIpc) is 3.58. The molecule has 11 heteroatoms. The monoisotopic (exact) mass is 535 g/mol. The number of sulfonamides is 1. The van der Waals surface area contributed by atoms with Gasteiger partial charge >= 0.3 is 0 Å². The topological polar surface area (TPSA) is 88.4 Å². The lowest BCUT2D eigenvalue weighted by Gasteiger charge is -2.21. The summed E-state index contributed by atoms with van der Waals surface area (Å²) in [6.45, 7) is 0.678. The van der Waals surface area contributed by atoms with Crippen molar-refractivity contribution in [2.75, 3.05) is 22.8 Å². The average molecular weight is 536 g/mol. The first kappa shape index (κ1) is 24.6. The van der Waals surface area contributed by atoms with Gasteiger partial charge in [0.25, 0.3) is 15.9 Å². The second kappa shape index (κ2) is 10.1. The molecule has 0 spiro atoms. The van der Waals surface area contributed by atoms with Gasteiger partial charge in [-0.2, -0.15) is 5.10 Å². The number of thiazole rings is 1. The van der Waals surface area contributed by atoms with Gasteiger partial charge in [0.2, 0.25) is 0 Å². The van der Waals surface area contributed by atoms with E-state index in [0.717, 1.165) is 0 Å². The molecule has 0 bridgehead atoms. The summed E-state index contributed by atoms with van der Waals surface area (Å²) < 4.78 is 43.5. The Labute approximate surface area is 217 Å². The van der Waals surface area contributed by atoms with Crippen LogP contribution in [0.2, 0.25) is 0 Å². The van der Waals surface area contributed by atoms with Gasteiger partial charge in [0, 0.05) is 31.5 Å². The van der Waals surface area contributed by atoms with Crippen molar-refractivity contribution in [1.29, 1.82) is 0 Å². The summed E-state index contributed by atoms with van der Waals surface area (Å²) in [6, 6.07) is 20.6. The van der Waals surface area contributed by atoms with Crippen LogP contribution in [0.25, 0.3) is 10.2 Å². The highest BCUT2D eigenvalue weighted by Crippen LogP contribution is 2.31. The summed E-state index contributed by atoms with van der Waals surface area (Å²) in [5.41, 5.74) is 1.41. The Morgan fingerprint density at radius 1 is 1.03 bits per heavy atom. The van der Waals surface area contributed by atoms with Crippen molar-refractivity contribution < 1.29 is 17.6 Å². The smallest absolute Gasteiger partial charge is 0.264 e. The first-order valence-corrected chi connectivity index (χ1v) is 13.6. The maximum atomic E-state index is 13.7. The van der Waals surface area contributed by atoms with Crippen molar-refractivity contribution in [3.8, 4) is 0 Å². The summed E-state index contributed by atoms with van der Waals surface area (Å²) in [5, 5.41) is 4.60. The molecule has 2 heterocycles. The van der Waals surface area contributed by atoms with Crippen LogP contribution in [0.5, 0.6) is 0 Å². The Morgan fingerprint density at radius 2 is 1.78 bits per heavy atom. The molecule has 5 aromatic rings. The standard InChI is InChI=1S/C26H22FN5O3S2/c1-30(21-6-3-2-4-7-21)37(34,35)22-11-8-19(9-12-22)25(33)32(17-16-31-15-5-14-28-31)26-29-23-13-10-20(27)18-24(23)36-26/h2-15,18H,16-17H2,1H3. The van der Waals surface area contributed by atoms with Crippen LogP contribution in [0.1, 0.15) is 10.4 Å². The number of amides is 1. The van der Waals surface area contributed by atoms with E-state index in [1.54, 1.807) is 53.5 Å². The number of fused-ring (bicyclic) bond motifs is 1. The number of aromatic nitrogens is 3.